The zero-order valence-corrected chi connectivity index (χ0v) is 21.3. The molecular formula is C29H33F2N3O3. The maximum atomic E-state index is 15.2. The standard InChI is InChI=1S/C29H33F2N3O3/c1-17(2)13-24-27(35)32-25(20-14-18-7-3-4-8-19(18)15-20)28(36)34(24)26(29(37)33-11-5-6-12-33)22-10-9-21(30)16-23(22)31/h3-4,7-10,16-17,20,24-26H,5-6,11-15H2,1-2H3,(H,32,35)/t24-,25?,26?/m1/s1. The number of fused-ring (bicyclic) bond motifs is 1. The van der Waals surface area contributed by atoms with Gasteiger partial charge in [0, 0.05) is 24.7 Å². The minimum absolute atomic E-state index is 0.0407. The predicted octanol–water partition coefficient (Wildman–Crippen LogP) is 3.79. The van der Waals surface area contributed by atoms with Gasteiger partial charge >= 0.3 is 0 Å². The molecule has 0 saturated carbocycles. The number of carbonyl (C=O) groups excluding carboxylic acids is 3. The molecule has 6 nitrogen and oxygen atoms in total. The number of hydrogen-bond donors (Lipinski definition) is 1. The molecule has 196 valence electrons. The van der Waals surface area contributed by atoms with Gasteiger partial charge in [-0.2, -0.15) is 0 Å². The number of halogens is 2. The van der Waals surface area contributed by atoms with E-state index >= 15 is 4.39 Å². The Balaban J connectivity index is 1.57. The molecule has 2 aromatic rings. The fraction of sp³-hybridized carbons (Fsp3) is 0.483. The van der Waals surface area contributed by atoms with E-state index in [2.05, 4.69) is 5.32 Å². The van der Waals surface area contributed by atoms with Gasteiger partial charge in [0.05, 0.1) is 0 Å². The largest absolute Gasteiger partial charge is 0.342 e. The summed E-state index contributed by atoms with van der Waals surface area (Å²) in [5.41, 5.74) is 2.20. The summed E-state index contributed by atoms with van der Waals surface area (Å²) in [5, 5.41) is 2.96. The molecule has 2 heterocycles. The van der Waals surface area contributed by atoms with Crippen LogP contribution in [0.2, 0.25) is 0 Å². The molecule has 3 aliphatic rings. The number of hydrogen-bond acceptors (Lipinski definition) is 3. The van der Waals surface area contributed by atoms with E-state index in [0.29, 0.717) is 32.4 Å². The Bertz CT molecular complexity index is 1190. The van der Waals surface area contributed by atoms with E-state index in [1.807, 2.05) is 38.1 Å². The Labute approximate surface area is 216 Å². The van der Waals surface area contributed by atoms with Crippen molar-refractivity contribution in [3.63, 3.8) is 0 Å². The molecule has 3 amide bonds. The Hall–Kier alpha value is -3.29. The van der Waals surface area contributed by atoms with E-state index in [4.69, 9.17) is 0 Å². The summed E-state index contributed by atoms with van der Waals surface area (Å²) in [7, 11) is 0. The summed E-state index contributed by atoms with van der Waals surface area (Å²) in [4.78, 5) is 44.7. The predicted molar refractivity (Wildman–Crippen MR) is 134 cm³/mol. The van der Waals surface area contributed by atoms with Crippen molar-refractivity contribution in [2.24, 2.45) is 11.8 Å². The first-order chi connectivity index (χ1) is 17.7. The first-order valence-corrected chi connectivity index (χ1v) is 13.2. The Morgan fingerprint density at radius 1 is 1.03 bits per heavy atom. The number of piperazine rings is 1. The van der Waals surface area contributed by atoms with E-state index in [9.17, 15) is 18.8 Å². The average Bonchev–Trinajstić information content (AvgIpc) is 3.54. The monoisotopic (exact) mass is 509 g/mol. The topological polar surface area (TPSA) is 69.7 Å². The molecule has 0 aromatic heterocycles. The van der Waals surface area contributed by atoms with Crippen molar-refractivity contribution in [1.82, 2.24) is 15.1 Å². The number of carbonyl (C=O) groups is 3. The van der Waals surface area contributed by atoms with Crippen LogP contribution < -0.4 is 5.32 Å². The van der Waals surface area contributed by atoms with E-state index in [0.717, 1.165) is 36.1 Å². The van der Waals surface area contributed by atoms with Crippen LogP contribution in [0, 0.1) is 23.5 Å². The lowest BCUT2D eigenvalue weighted by Crippen LogP contribution is -2.67. The third kappa shape index (κ3) is 4.86. The van der Waals surface area contributed by atoms with Gasteiger partial charge in [0.25, 0.3) is 0 Å². The van der Waals surface area contributed by atoms with E-state index in [1.54, 1.807) is 4.90 Å². The van der Waals surface area contributed by atoms with Crippen LogP contribution in [0.25, 0.3) is 0 Å². The Morgan fingerprint density at radius 2 is 1.68 bits per heavy atom. The van der Waals surface area contributed by atoms with Crippen LogP contribution in [-0.4, -0.2) is 52.7 Å². The number of rotatable bonds is 6. The third-order valence-corrected chi connectivity index (χ3v) is 7.89. The second kappa shape index (κ2) is 10.2. The molecule has 1 aliphatic carbocycles. The van der Waals surface area contributed by atoms with Crippen molar-refractivity contribution in [3.8, 4) is 0 Å². The van der Waals surface area contributed by atoms with Gasteiger partial charge < -0.3 is 15.1 Å². The van der Waals surface area contributed by atoms with E-state index in [1.165, 1.54) is 11.0 Å². The highest BCUT2D eigenvalue weighted by Crippen LogP contribution is 2.37. The van der Waals surface area contributed by atoms with E-state index in [-0.39, 0.29) is 29.2 Å². The third-order valence-electron chi connectivity index (χ3n) is 7.89. The molecule has 2 saturated heterocycles. The summed E-state index contributed by atoms with van der Waals surface area (Å²) in [6, 6.07) is 7.91. The van der Waals surface area contributed by atoms with Gasteiger partial charge in [0.15, 0.2) is 0 Å². The molecule has 2 aliphatic heterocycles. The zero-order chi connectivity index (χ0) is 26.3. The van der Waals surface area contributed by atoms with Crippen molar-refractivity contribution in [2.45, 2.75) is 64.1 Å². The Kier molecular flexibility index (Phi) is 7.01. The molecule has 0 bridgehead atoms. The SMILES string of the molecule is CC(C)C[C@@H]1C(=O)NC(C2Cc3ccccc3C2)C(=O)N1C(C(=O)N1CCCC1)c1ccc(F)cc1F. The number of likely N-dealkylation sites (tertiary alicyclic amines) is 1. The molecule has 2 unspecified atom stereocenters. The molecule has 5 rings (SSSR count). The van der Waals surface area contributed by atoms with Crippen molar-refractivity contribution in [3.05, 3.63) is 70.8 Å². The van der Waals surface area contributed by atoms with Crippen molar-refractivity contribution < 1.29 is 23.2 Å². The van der Waals surface area contributed by atoms with Gasteiger partial charge in [-0.05, 0) is 61.1 Å². The van der Waals surface area contributed by atoms with Crippen molar-refractivity contribution in [2.75, 3.05) is 13.1 Å². The van der Waals surface area contributed by atoms with Crippen molar-refractivity contribution >= 4 is 17.7 Å². The number of amides is 3. The highest BCUT2D eigenvalue weighted by molar-refractivity contribution is 6.00. The minimum Gasteiger partial charge on any atom is -0.342 e. The molecule has 2 fully saturated rings. The molecule has 3 atom stereocenters. The molecule has 8 heteroatoms. The van der Waals surface area contributed by atoms with Gasteiger partial charge in [-0.15, -0.1) is 0 Å². The maximum Gasteiger partial charge on any atom is 0.250 e. The first-order valence-electron chi connectivity index (χ1n) is 13.2. The lowest BCUT2D eigenvalue weighted by atomic mass is 9.87. The molecular weight excluding hydrogens is 476 g/mol. The molecule has 2 aromatic carbocycles. The average molecular weight is 510 g/mol. The Morgan fingerprint density at radius 3 is 2.27 bits per heavy atom. The lowest BCUT2D eigenvalue weighted by Gasteiger charge is -2.45. The number of nitrogens with zero attached hydrogens (tertiary/aromatic N) is 2. The maximum absolute atomic E-state index is 15.2. The second-order valence-electron chi connectivity index (χ2n) is 10.9. The summed E-state index contributed by atoms with van der Waals surface area (Å²) < 4.78 is 29.1. The quantitative estimate of drug-likeness (QED) is 0.645. The van der Waals surface area contributed by atoms with Gasteiger partial charge in [0.2, 0.25) is 17.7 Å². The molecule has 37 heavy (non-hydrogen) atoms. The first kappa shape index (κ1) is 25.4. The van der Waals surface area contributed by atoms with Crippen LogP contribution in [0.5, 0.6) is 0 Å². The fourth-order valence-electron chi connectivity index (χ4n) is 6.11. The normalized spacial score (nSPS) is 22.9. The molecule has 0 spiro atoms. The van der Waals surface area contributed by atoms with Crippen LogP contribution in [0.1, 0.15) is 55.8 Å². The smallest absolute Gasteiger partial charge is 0.250 e. The highest BCUT2D eigenvalue weighted by atomic mass is 19.1. The second-order valence-corrected chi connectivity index (χ2v) is 10.9. The zero-order valence-electron chi connectivity index (χ0n) is 21.3. The van der Waals surface area contributed by atoms with E-state index < -0.39 is 35.7 Å². The van der Waals surface area contributed by atoms with Crippen LogP contribution in [-0.2, 0) is 27.2 Å². The van der Waals surface area contributed by atoms with Crippen molar-refractivity contribution in [1.29, 1.82) is 0 Å². The van der Waals surface area contributed by atoms with Crippen LogP contribution in [0.3, 0.4) is 0 Å². The summed E-state index contributed by atoms with van der Waals surface area (Å²) in [6.07, 6.45) is 3.21. The highest BCUT2D eigenvalue weighted by Gasteiger charge is 2.50. The van der Waals surface area contributed by atoms with Gasteiger partial charge in [-0.25, -0.2) is 8.78 Å². The minimum atomic E-state index is -1.34. The summed E-state index contributed by atoms with van der Waals surface area (Å²) >= 11 is 0. The molecule has 0 radical (unpaired) electrons. The molecule has 1 N–H and O–H groups in total. The van der Waals surface area contributed by atoms with Crippen LogP contribution in [0.15, 0.2) is 42.5 Å². The summed E-state index contributed by atoms with van der Waals surface area (Å²) in [6.45, 7) is 4.88. The fourth-order valence-corrected chi connectivity index (χ4v) is 6.11. The van der Waals surface area contributed by atoms with Gasteiger partial charge in [-0.3, -0.25) is 14.4 Å². The van der Waals surface area contributed by atoms with Crippen LogP contribution in [0.4, 0.5) is 8.78 Å². The lowest BCUT2D eigenvalue weighted by molar-refractivity contribution is -0.160. The van der Waals surface area contributed by atoms with Gasteiger partial charge in [-0.1, -0.05) is 44.2 Å². The van der Waals surface area contributed by atoms with Crippen LogP contribution >= 0.6 is 0 Å². The number of benzene rings is 2. The van der Waals surface area contributed by atoms with Gasteiger partial charge in [0.1, 0.15) is 29.8 Å². The summed E-state index contributed by atoms with van der Waals surface area (Å²) in [5.74, 6) is -2.94. The number of nitrogens with one attached hydrogen (secondary N) is 1.